The van der Waals surface area contributed by atoms with Gasteiger partial charge in [0.05, 0.1) is 59.1 Å². The van der Waals surface area contributed by atoms with Crippen LogP contribution in [-0.2, 0) is 38.4 Å². The van der Waals surface area contributed by atoms with Crippen molar-refractivity contribution in [1.29, 1.82) is 0 Å². The van der Waals surface area contributed by atoms with Crippen molar-refractivity contribution in [3.05, 3.63) is 140 Å². The highest BCUT2D eigenvalue weighted by atomic mass is 16.5. The molecule has 0 bridgehead atoms. The fourth-order valence-corrected chi connectivity index (χ4v) is 11.9. The third-order valence-corrected chi connectivity index (χ3v) is 16.7. The number of carbonyl (C=O) groups is 6. The van der Waals surface area contributed by atoms with Gasteiger partial charge in [-0.05, 0) is 119 Å². The molecular weight excluding hydrogens is 1160 g/mol. The minimum atomic E-state index is -1.67. The largest absolute Gasteiger partial charge is 0.461 e. The molecule has 13 N–H and O–H groups in total. The Kier molecular flexibility index (Phi) is 19.0. The van der Waals surface area contributed by atoms with Gasteiger partial charge in [0.2, 0.25) is 16.8 Å². The van der Waals surface area contributed by atoms with Crippen LogP contribution in [0.15, 0.2) is 72.8 Å². The van der Waals surface area contributed by atoms with Gasteiger partial charge in [-0.1, -0.05) is 53.7 Å². The number of aromatic nitrogens is 6. The Hall–Kier alpha value is -9.49. The summed E-state index contributed by atoms with van der Waals surface area (Å²) in [6.45, 7) is 3.32. The van der Waals surface area contributed by atoms with Gasteiger partial charge in [0.25, 0.3) is 29.5 Å². The Balaban J connectivity index is 0.000000159. The third-order valence-electron chi connectivity index (χ3n) is 16.7. The molecule has 3 saturated heterocycles. The molecule has 1 unspecified atom stereocenters. The maximum absolute atomic E-state index is 12.4. The second-order valence-corrected chi connectivity index (χ2v) is 22.9. The normalized spacial score (nSPS) is 22.9. The van der Waals surface area contributed by atoms with Gasteiger partial charge in [-0.15, -0.1) is 0 Å². The summed E-state index contributed by atoms with van der Waals surface area (Å²) in [5.74, 6) is 13.6. The highest BCUT2D eigenvalue weighted by Gasteiger charge is 2.45. The maximum atomic E-state index is 12.4. The van der Waals surface area contributed by atoms with Crippen molar-refractivity contribution >= 4 is 35.5 Å². The molecule has 25 heteroatoms. The predicted molar refractivity (Wildman–Crippen MR) is 325 cm³/mol. The van der Waals surface area contributed by atoms with Crippen LogP contribution < -0.4 is 17.6 Å². The fourth-order valence-electron chi connectivity index (χ4n) is 11.9. The number of rotatable bonds is 7. The van der Waals surface area contributed by atoms with Crippen molar-refractivity contribution in [3.63, 3.8) is 0 Å². The van der Waals surface area contributed by atoms with Crippen molar-refractivity contribution in [2.45, 2.75) is 119 Å². The van der Waals surface area contributed by atoms with E-state index in [0.29, 0.717) is 109 Å². The summed E-state index contributed by atoms with van der Waals surface area (Å²) in [6.07, 6.45) is 4.54. The number of benzene rings is 3. The SMILES string of the molecule is CCOC(=O)c1nn(-c2cccc(C#C[C@]3(O)CCN(C)C3=O)c2)c2c1C(O)CCC2.CN1CC[C@@](O)(C#Cc2cccc(-n3nc(C(N)=O)c4c3CCC[C@@H]4O)c2)C1=O.CN1CC[C@@](O)(C#Cc2cccc(-n3nc(C(N)=O)c4c3CCC[C@H]4O)c2)C1=O.N. The number of fused-ring (bicyclic) bond motifs is 3. The van der Waals surface area contributed by atoms with E-state index < -0.39 is 70.6 Å². The number of ether oxygens (including phenoxy) is 1. The maximum Gasteiger partial charge on any atom is 0.359 e. The number of esters is 1. The topological polar surface area (TPSA) is 383 Å². The van der Waals surface area contributed by atoms with Gasteiger partial charge in [0.15, 0.2) is 17.1 Å². The Bertz CT molecular complexity index is 3870. The van der Waals surface area contributed by atoms with Crippen LogP contribution >= 0.6 is 0 Å². The minimum Gasteiger partial charge on any atom is -0.461 e. The summed E-state index contributed by atoms with van der Waals surface area (Å²) in [5.41, 5.74) is 13.8. The lowest BCUT2D eigenvalue weighted by Crippen LogP contribution is -2.37. The highest BCUT2D eigenvalue weighted by molar-refractivity contribution is 5.94. The summed E-state index contributed by atoms with van der Waals surface area (Å²) < 4.78 is 10.0. The van der Waals surface area contributed by atoms with Gasteiger partial charge < -0.3 is 67.7 Å². The molecule has 0 radical (unpaired) electrons. The van der Waals surface area contributed by atoms with E-state index in [4.69, 9.17) is 16.2 Å². The standard InChI is InChI=1S/C23H25N3O5.2C21H22N4O4.H3N/c1-3-31-21(28)20-19-17(8-5-9-18(19)27)26(24-20)16-7-4-6-15(14-16)10-11-23(30)12-13-25(2)22(23)29;2*1-24-11-10-21(29,20(24)28)9-8-13-4-2-5-14(12-13)25-15-6-3-7-16(26)17(15)18(23-25)19(22)27;/h4,6-7,14,18,27,30H,3,5,8-9,12-13H2,1-2H3;2*2,4-5,12,16,26,29H,3,6-7,10-11H2,1H3,(H2,22,27);1H3/t18?,23-;16-,21+;16-,21-;/m010./s1. The molecule has 3 aliphatic carbocycles. The van der Waals surface area contributed by atoms with Crippen LogP contribution in [0.4, 0.5) is 0 Å². The Morgan fingerprint density at radius 2 is 0.833 bits per heavy atom. The Morgan fingerprint density at radius 1 is 0.533 bits per heavy atom. The molecule has 6 heterocycles. The number of likely N-dealkylation sites (N-methyl/N-ethyl adjacent to an activating group) is 3. The minimum absolute atomic E-state index is 0. The zero-order chi connectivity index (χ0) is 63.7. The van der Waals surface area contributed by atoms with Crippen molar-refractivity contribution in [2.75, 3.05) is 47.4 Å². The fraction of sp³-hybridized carbons (Fsp3) is 0.400. The first-order valence-electron chi connectivity index (χ1n) is 29.4. The van der Waals surface area contributed by atoms with Crippen LogP contribution in [-0.4, -0.2) is 174 Å². The number of likely N-dealkylation sites (tertiary alicyclic amines) is 3. The molecular formula is C65H72N12O13. The van der Waals surface area contributed by atoms with E-state index in [9.17, 15) is 59.4 Å². The number of nitrogens with two attached hydrogens (primary N) is 2. The first-order valence-corrected chi connectivity index (χ1v) is 29.4. The lowest BCUT2D eigenvalue weighted by Gasteiger charge is -2.19. The van der Waals surface area contributed by atoms with Crippen molar-refractivity contribution < 1.29 is 64.1 Å². The monoisotopic (exact) mass is 1230 g/mol. The molecule has 6 aliphatic rings. The van der Waals surface area contributed by atoms with E-state index in [1.54, 1.807) is 96.7 Å². The summed E-state index contributed by atoms with van der Waals surface area (Å²) in [4.78, 5) is 76.8. The summed E-state index contributed by atoms with van der Waals surface area (Å²) >= 11 is 0. The molecule has 12 rings (SSSR count). The average Bonchev–Trinajstić information content (AvgIpc) is 2.92. The quantitative estimate of drug-likeness (QED) is 0.0816. The Morgan fingerprint density at radius 3 is 1.11 bits per heavy atom. The van der Waals surface area contributed by atoms with Gasteiger partial charge in [-0.3, -0.25) is 24.0 Å². The number of aliphatic hydroxyl groups excluding tert-OH is 3. The smallest absolute Gasteiger partial charge is 0.359 e. The van der Waals surface area contributed by atoms with Crippen LogP contribution in [0.25, 0.3) is 17.1 Å². The zero-order valence-corrected chi connectivity index (χ0v) is 50.4. The third kappa shape index (κ3) is 12.9. The van der Waals surface area contributed by atoms with E-state index in [0.717, 1.165) is 36.3 Å². The first-order chi connectivity index (χ1) is 42.4. The molecule has 5 amide bonds. The molecule has 6 aromatic rings. The summed E-state index contributed by atoms with van der Waals surface area (Å²) in [5, 5.41) is 75.8. The van der Waals surface area contributed by atoms with Gasteiger partial charge in [-0.25, -0.2) is 18.8 Å². The number of hydrogen-bond acceptors (Lipinski definition) is 17. The van der Waals surface area contributed by atoms with E-state index in [1.807, 2.05) is 18.2 Å². The summed E-state index contributed by atoms with van der Waals surface area (Å²) in [7, 11) is 4.90. The lowest BCUT2D eigenvalue weighted by atomic mass is 9.92. The number of hydrogen-bond donors (Lipinski definition) is 9. The van der Waals surface area contributed by atoms with Crippen molar-refractivity contribution in [1.82, 2.24) is 50.2 Å². The second kappa shape index (κ2) is 26.3. The number of aliphatic hydroxyl groups is 6. The number of nitrogens with zero attached hydrogens (tertiary/aromatic N) is 9. The van der Waals surface area contributed by atoms with Crippen LogP contribution in [0, 0.1) is 35.5 Å². The van der Waals surface area contributed by atoms with Crippen molar-refractivity contribution in [3.8, 4) is 52.6 Å². The predicted octanol–water partition coefficient (Wildman–Crippen LogP) is 2.10. The number of amides is 5. The van der Waals surface area contributed by atoms with Crippen LogP contribution in [0.5, 0.6) is 0 Å². The summed E-state index contributed by atoms with van der Waals surface area (Å²) in [6, 6.07) is 21.4. The van der Waals surface area contributed by atoms with Crippen LogP contribution in [0.2, 0.25) is 0 Å². The molecule has 6 atom stereocenters. The van der Waals surface area contributed by atoms with Gasteiger partial charge in [-0.2, -0.15) is 15.3 Å². The molecule has 3 aliphatic heterocycles. The Labute approximate surface area is 518 Å². The number of primary amides is 2. The second-order valence-electron chi connectivity index (χ2n) is 22.9. The van der Waals surface area contributed by atoms with Gasteiger partial charge in [0, 0.05) is 93.4 Å². The van der Waals surface area contributed by atoms with Crippen LogP contribution in [0.3, 0.4) is 0 Å². The van der Waals surface area contributed by atoms with E-state index in [-0.39, 0.29) is 49.1 Å². The average molecular weight is 1230 g/mol. The van der Waals surface area contributed by atoms with E-state index >= 15 is 0 Å². The molecule has 3 aromatic carbocycles. The van der Waals surface area contributed by atoms with E-state index in [1.165, 1.54) is 14.7 Å². The van der Waals surface area contributed by atoms with Crippen molar-refractivity contribution in [2.24, 2.45) is 11.5 Å². The zero-order valence-electron chi connectivity index (χ0n) is 50.4. The highest BCUT2D eigenvalue weighted by Crippen LogP contribution is 2.37. The number of carbonyl (C=O) groups excluding carboxylic acids is 6. The lowest BCUT2D eigenvalue weighted by molar-refractivity contribution is -0.138. The molecule has 470 valence electrons. The van der Waals surface area contributed by atoms with Crippen LogP contribution in [0.1, 0.15) is 165 Å². The molecule has 0 spiro atoms. The molecule has 90 heavy (non-hydrogen) atoms. The van der Waals surface area contributed by atoms with Gasteiger partial charge >= 0.3 is 5.97 Å². The molecule has 3 fully saturated rings. The first kappa shape index (κ1) is 65.0. The van der Waals surface area contributed by atoms with Gasteiger partial charge in [0.1, 0.15) is 0 Å². The molecule has 3 aromatic heterocycles. The molecule has 0 saturated carbocycles. The molecule has 25 nitrogen and oxygen atoms in total. The van der Waals surface area contributed by atoms with E-state index in [2.05, 4.69) is 50.8 Å².